The van der Waals surface area contributed by atoms with Gasteiger partial charge in [0.2, 0.25) is 11.9 Å². The number of ether oxygens (including phenoxy) is 3. The summed E-state index contributed by atoms with van der Waals surface area (Å²) in [5.41, 5.74) is 0.674. The molecule has 220 valence electrons. The highest BCUT2D eigenvalue weighted by atomic mass is 35.5. The molecule has 0 aliphatic carbocycles. The number of hydrogen-bond acceptors (Lipinski definition) is 9. The van der Waals surface area contributed by atoms with E-state index in [1.807, 2.05) is 14.0 Å². The number of carbonyl (C=O) groups excluding carboxylic acids is 1. The number of pyridine rings is 1. The van der Waals surface area contributed by atoms with Gasteiger partial charge >= 0.3 is 0 Å². The van der Waals surface area contributed by atoms with Gasteiger partial charge in [-0.05, 0) is 26.1 Å². The van der Waals surface area contributed by atoms with Gasteiger partial charge in [-0.3, -0.25) is 19.1 Å². The van der Waals surface area contributed by atoms with E-state index in [2.05, 4.69) is 21.8 Å². The molecule has 0 radical (unpaired) electrons. The number of carbonyl (C=O) groups is 1. The van der Waals surface area contributed by atoms with Crippen LogP contribution in [0.4, 0.5) is 5.95 Å². The molecule has 41 heavy (non-hydrogen) atoms. The van der Waals surface area contributed by atoms with E-state index in [0.29, 0.717) is 66.8 Å². The van der Waals surface area contributed by atoms with Crippen LogP contribution in [0, 0.1) is 0 Å². The molecular formula is C28H34Cl2N6O5. The lowest BCUT2D eigenvalue weighted by atomic mass is 10.0. The summed E-state index contributed by atoms with van der Waals surface area (Å²) < 4.78 is 17.7. The van der Waals surface area contributed by atoms with Crippen LogP contribution in [0.25, 0.3) is 22.2 Å². The zero-order valence-corrected chi connectivity index (χ0v) is 25.3. The van der Waals surface area contributed by atoms with Crippen LogP contribution in [0.2, 0.25) is 10.0 Å². The van der Waals surface area contributed by atoms with Crippen molar-refractivity contribution in [2.24, 2.45) is 0 Å². The number of aromatic nitrogens is 3. The molecule has 1 fully saturated rings. The molecule has 0 spiro atoms. The van der Waals surface area contributed by atoms with Gasteiger partial charge in [-0.15, -0.1) is 0 Å². The summed E-state index contributed by atoms with van der Waals surface area (Å²) >= 11 is 13.4. The lowest BCUT2D eigenvalue weighted by molar-refractivity contribution is -0.132. The van der Waals surface area contributed by atoms with Gasteiger partial charge in [0.15, 0.2) is 0 Å². The molecule has 0 unspecified atom stereocenters. The second kappa shape index (κ2) is 13.1. The second-order valence-electron chi connectivity index (χ2n) is 9.85. The first kappa shape index (κ1) is 30.6. The van der Waals surface area contributed by atoms with Gasteiger partial charge in [0.25, 0.3) is 5.56 Å². The molecule has 3 aromatic rings. The van der Waals surface area contributed by atoms with Gasteiger partial charge in [-0.1, -0.05) is 29.8 Å². The van der Waals surface area contributed by atoms with Crippen LogP contribution in [-0.2, 0) is 16.1 Å². The average Bonchev–Trinajstić information content (AvgIpc) is 2.92. The Kier molecular flexibility index (Phi) is 9.75. The Morgan fingerprint density at radius 3 is 2.46 bits per heavy atom. The molecule has 1 N–H and O–H groups in total. The predicted octanol–water partition coefficient (Wildman–Crippen LogP) is 3.56. The standard InChI is InChI=1S/C28H34Cl2N6O5/c1-7-22(37)35-13-18(14-35)34(3)8-9-36-26-17(12-31-28(33-26)32-16(2)15-39-4)10-19(27(36)38)23-24(29)20(40-5)11-21(41-6)25(23)30/h7,10-12,16,18H,1,8-9,13-15H2,2-6H3,(H,31,32,33)/t16-/m1/s1. The number of likely N-dealkylation sites (tertiary alicyclic amines) is 1. The van der Waals surface area contributed by atoms with E-state index in [1.165, 1.54) is 20.3 Å². The first-order valence-electron chi connectivity index (χ1n) is 13.0. The van der Waals surface area contributed by atoms with Crippen molar-refractivity contribution in [3.05, 3.63) is 51.4 Å². The maximum atomic E-state index is 14.1. The zero-order chi connectivity index (χ0) is 29.8. The van der Waals surface area contributed by atoms with Gasteiger partial charge < -0.3 is 24.4 Å². The molecule has 0 saturated carbocycles. The molecular weight excluding hydrogens is 571 g/mol. The van der Waals surface area contributed by atoms with Crippen molar-refractivity contribution in [1.82, 2.24) is 24.3 Å². The summed E-state index contributed by atoms with van der Waals surface area (Å²) in [5, 5.41) is 4.20. The zero-order valence-electron chi connectivity index (χ0n) is 23.7. The number of methoxy groups -OCH3 is 3. The van der Waals surface area contributed by atoms with Crippen molar-refractivity contribution >= 4 is 46.1 Å². The van der Waals surface area contributed by atoms with Crippen molar-refractivity contribution < 1.29 is 19.0 Å². The lowest BCUT2D eigenvalue weighted by Crippen LogP contribution is -2.60. The van der Waals surface area contributed by atoms with Crippen LogP contribution < -0.4 is 20.3 Å². The number of nitrogens with one attached hydrogen (secondary N) is 1. The van der Waals surface area contributed by atoms with Crippen molar-refractivity contribution in [2.45, 2.75) is 25.6 Å². The van der Waals surface area contributed by atoms with Crippen molar-refractivity contribution in [3.63, 3.8) is 0 Å². The van der Waals surface area contributed by atoms with Crippen LogP contribution in [0.3, 0.4) is 0 Å². The summed E-state index contributed by atoms with van der Waals surface area (Å²) in [4.78, 5) is 39.0. The number of anilines is 1. The molecule has 4 rings (SSSR count). The Labute approximate surface area is 248 Å². The Morgan fingerprint density at radius 1 is 1.22 bits per heavy atom. The highest BCUT2D eigenvalue weighted by Crippen LogP contribution is 2.45. The minimum absolute atomic E-state index is 0.0512. The van der Waals surface area contributed by atoms with Gasteiger partial charge in [-0.2, -0.15) is 4.98 Å². The number of hydrogen-bond donors (Lipinski definition) is 1. The lowest BCUT2D eigenvalue weighted by Gasteiger charge is -2.43. The molecule has 1 amide bonds. The maximum Gasteiger partial charge on any atom is 0.260 e. The van der Waals surface area contributed by atoms with Crippen molar-refractivity contribution in [1.29, 1.82) is 0 Å². The third-order valence-corrected chi connectivity index (χ3v) is 7.86. The Balaban J connectivity index is 1.79. The second-order valence-corrected chi connectivity index (χ2v) is 10.6. The third kappa shape index (κ3) is 6.28. The summed E-state index contributed by atoms with van der Waals surface area (Å²) in [6.45, 7) is 7.98. The number of nitrogens with zero attached hydrogens (tertiary/aromatic N) is 5. The molecule has 3 heterocycles. The monoisotopic (exact) mass is 604 g/mol. The fraction of sp³-hybridized carbons (Fsp3) is 0.429. The van der Waals surface area contributed by atoms with Crippen LogP contribution in [0.1, 0.15) is 6.92 Å². The first-order valence-corrected chi connectivity index (χ1v) is 13.8. The van der Waals surface area contributed by atoms with Gasteiger partial charge in [0, 0.05) is 68.6 Å². The van der Waals surface area contributed by atoms with E-state index in [4.69, 9.17) is 42.4 Å². The minimum atomic E-state index is -0.336. The largest absolute Gasteiger partial charge is 0.495 e. The van der Waals surface area contributed by atoms with E-state index >= 15 is 0 Å². The van der Waals surface area contributed by atoms with E-state index in [1.54, 1.807) is 34.9 Å². The smallest absolute Gasteiger partial charge is 0.260 e. The summed E-state index contributed by atoms with van der Waals surface area (Å²) in [6, 6.07) is 3.36. The van der Waals surface area contributed by atoms with Gasteiger partial charge in [0.1, 0.15) is 17.1 Å². The molecule has 1 saturated heterocycles. The summed E-state index contributed by atoms with van der Waals surface area (Å²) in [6.07, 6.45) is 2.97. The normalized spacial score (nSPS) is 14.2. The molecule has 0 bridgehead atoms. The SMILES string of the molecule is C=CC(=O)N1CC(N(C)CCn2c(=O)c(-c3c(Cl)c(OC)cc(OC)c3Cl)cc3cnc(N[C@H](C)COC)nc32)C1. The average molecular weight is 606 g/mol. The van der Waals surface area contributed by atoms with E-state index in [0.717, 1.165) is 0 Å². The van der Waals surface area contributed by atoms with Crippen LogP contribution in [0.5, 0.6) is 11.5 Å². The van der Waals surface area contributed by atoms with Crippen LogP contribution >= 0.6 is 23.2 Å². The fourth-order valence-corrected chi connectivity index (χ4v) is 5.44. The van der Waals surface area contributed by atoms with Crippen LogP contribution in [0.15, 0.2) is 35.8 Å². The Bertz CT molecular complexity index is 1480. The summed E-state index contributed by atoms with van der Waals surface area (Å²) in [7, 11) is 6.54. The fourth-order valence-electron chi connectivity index (χ4n) is 4.73. The number of halogens is 2. The highest BCUT2D eigenvalue weighted by Gasteiger charge is 2.32. The van der Waals surface area contributed by atoms with Crippen molar-refractivity contribution in [3.8, 4) is 22.6 Å². The number of rotatable bonds is 12. The quantitative estimate of drug-likeness (QED) is 0.310. The number of fused-ring (bicyclic) bond motifs is 1. The minimum Gasteiger partial charge on any atom is -0.495 e. The van der Waals surface area contributed by atoms with Gasteiger partial charge in [-0.25, -0.2) is 4.98 Å². The molecule has 1 atom stereocenters. The van der Waals surface area contributed by atoms with E-state index < -0.39 is 0 Å². The van der Waals surface area contributed by atoms with E-state index in [9.17, 15) is 9.59 Å². The summed E-state index contributed by atoms with van der Waals surface area (Å²) in [5.74, 6) is 0.917. The molecule has 11 nitrogen and oxygen atoms in total. The number of benzene rings is 1. The first-order chi connectivity index (χ1) is 19.6. The third-order valence-electron chi connectivity index (χ3n) is 7.11. The highest BCUT2D eigenvalue weighted by molar-refractivity contribution is 6.41. The topological polar surface area (TPSA) is 111 Å². The number of likely N-dealkylation sites (N-methyl/N-ethyl adjacent to an activating group) is 1. The molecule has 1 aromatic carbocycles. The Morgan fingerprint density at radius 2 is 1.88 bits per heavy atom. The van der Waals surface area contributed by atoms with Gasteiger partial charge in [0.05, 0.1) is 36.4 Å². The molecule has 1 aliphatic heterocycles. The molecule has 1 aliphatic rings. The predicted molar refractivity (Wildman–Crippen MR) is 161 cm³/mol. The number of amides is 1. The molecule has 13 heteroatoms. The van der Waals surface area contributed by atoms with E-state index in [-0.39, 0.29) is 39.2 Å². The Hall–Kier alpha value is -3.38. The molecule has 2 aromatic heterocycles. The van der Waals surface area contributed by atoms with Crippen LogP contribution in [-0.4, -0.2) is 96.9 Å². The van der Waals surface area contributed by atoms with Crippen molar-refractivity contribution in [2.75, 3.05) is 59.9 Å². The maximum absolute atomic E-state index is 14.1.